The van der Waals surface area contributed by atoms with E-state index >= 15 is 0 Å². The van der Waals surface area contributed by atoms with E-state index in [1.165, 1.54) is 6.42 Å². The Morgan fingerprint density at radius 2 is 2.00 bits per heavy atom. The minimum atomic E-state index is -0.101. The van der Waals surface area contributed by atoms with E-state index < -0.39 is 0 Å². The average molecular weight is 511 g/mol. The first-order valence-electron chi connectivity index (χ1n) is 7.93. The van der Waals surface area contributed by atoms with Gasteiger partial charge in [-0.3, -0.25) is 9.79 Å². The number of benzene rings is 1. The van der Waals surface area contributed by atoms with Gasteiger partial charge in [0.05, 0.1) is 6.54 Å². The van der Waals surface area contributed by atoms with Gasteiger partial charge in [0.2, 0.25) is 5.91 Å². The first-order valence-corrected chi connectivity index (χ1v) is 8.72. The first-order chi connectivity index (χ1) is 10.9. The molecule has 0 atom stereocenters. The van der Waals surface area contributed by atoms with Crippen molar-refractivity contribution in [1.29, 1.82) is 0 Å². The number of aliphatic imine (C=N–C) groups is 1. The normalized spacial score (nSPS) is 11.0. The van der Waals surface area contributed by atoms with E-state index in [0.717, 1.165) is 28.7 Å². The van der Waals surface area contributed by atoms with Crippen LogP contribution in [0.5, 0.6) is 0 Å². The van der Waals surface area contributed by atoms with Gasteiger partial charge in [-0.25, -0.2) is 0 Å². The Morgan fingerprint density at radius 1 is 1.29 bits per heavy atom. The Kier molecular flexibility index (Phi) is 12.1. The van der Waals surface area contributed by atoms with Crippen LogP contribution >= 0.6 is 39.9 Å². The van der Waals surface area contributed by atoms with Gasteiger partial charge in [-0.1, -0.05) is 35.8 Å². The number of carbonyl (C=O) groups is 1. The molecule has 136 valence electrons. The predicted octanol–water partition coefficient (Wildman–Crippen LogP) is 3.92. The van der Waals surface area contributed by atoms with E-state index in [0.29, 0.717) is 11.9 Å². The molecule has 0 aliphatic carbocycles. The summed E-state index contributed by atoms with van der Waals surface area (Å²) in [5, 5.41) is 9.14. The molecular weight excluding hydrogens is 483 g/mol. The zero-order chi connectivity index (χ0) is 17.2. The van der Waals surface area contributed by atoms with Crippen LogP contribution in [0.1, 0.15) is 32.3 Å². The van der Waals surface area contributed by atoms with Crippen LogP contribution in [0.25, 0.3) is 0 Å². The highest BCUT2D eigenvalue weighted by molar-refractivity contribution is 14.0. The van der Waals surface area contributed by atoms with E-state index in [-0.39, 0.29) is 36.4 Å². The number of amides is 1. The highest BCUT2D eigenvalue weighted by Crippen LogP contribution is 2.20. The molecule has 1 rings (SSSR count). The lowest BCUT2D eigenvalue weighted by atomic mass is 10.1. The number of rotatable bonds is 7. The van der Waals surface area contributed by atoms with Crippen LogP contribution in [0.2, 0.25) is 0 Å². The van der Waals surface area contributed by atoms with Crippen LogP contribution in [-0.2, 0) is 4.79 Å². The molecule has 0 fully saturated rings. The van der Waals surface area contributed by atoms with E-state index in [2.05, 4.69) is 50.7 Å². The van der Waals surface area contributed by atoms with Crippen LogP contribution in [0, 0.1) is 12.8 Å². The molecule has 0 heterocycles. The molecule has 0 aliphatic rings. The smallest absolute Gasteiger partial charge is 0.243 e. The number of carbonyl (C=O) groups excluding carboxylic acids is 1. The number of nitrogens with zero attached hydrogens (tertiary/aromatic N) is 1. The Bertz CT molecular complexity index is 549. The Morgan fingerprint density at radius 3 is 2.62 bits per heavy atom. The summed E-state index contributed by atoms with van der Waals surface area (Å²) in [7, 11) is 1.70. The van der Waals surface area contributed by atoms with E-state index in [9.17, 15) is 4.79 Å². The van der Waals surface area contributed by atoms with Crippen molar-refractivity contribution < 1.29 is 4.79 Å². The molecule has 0 radical (unpaired) electrons. The fourth-order valence-electron chi connectivity index (χ4n) is 2.03. The molecule has 0 aliphatic heterocycles. The third kappa shape index (κ3) is 9.46. The minimum Gasteiger partial charge on any atom is -0.356 e. The van der Waals surface area contributed by atoms with Crippen molar-refractivity contribution >= 4 is 57.5 Å². The van der Waals surface area contributed by atoms with Crippen LogP contribution < -0.4 is 16.0 Å². The molecule has 0 spiro atoms. The summed E-state index contributed by atoms with van der Waals surface area (Å²) in [6.45, 7) is 7.41. The second-order valence-electron chi connectivity index (χ2n) is 5.90. The number of halogens is 2. The molecule has 0 unspecified atom stereocenters. The van der Waals surface area contributed by atoms with Crippen LogP contribution in [-0.4, -0.2) is 32.0 Å². The molecule has 5 nitrogen and oxygen atoms in total. The van der Waals surface area contributed by atoms with E-state index in [1.807, 2.05) is 25.1 Å². The summed E-state index contributed by atoms with van der Waals surface area (Å²) < 4.78 is 0.939. The van der Waals surface area contributed by atoms with Gasteiger partial charge in [0, 0.05) is 23.8 Å². The molecule has 3 N–H and O–H groups in total. The predicted molar refractivity (Wildman–Crippen MR) is 116 cm³/mol. The third-order valence-electron chi connectivity index (χ3n) is 3.36. The first kappa shape index (κ1) is 23.2. The van der Waals surface area contributed by atoms with Crippen molar-refractivity contribution in [2.75, 3.05) is 25.5 Å². The summed E-state index contributed by atoms with van der Waals surface area (Å²) in [4.78, 5) is 16.2. The van der Waals surface area contributed by atoms with Crippen molar-refractivity contribution in [3.63, 3.8) is 0 Å². The van der Waals surface area contributed by atoms with Gasteiger partial charge in [-0.15, -0.1) is 24.0 Å². The quantitative estimate of drug-likeness (QED) is 0.225. The third-order valence-corrected chi connectivity index (χ3v) is 3.86. The molecule has 1 aromatic rings. The number of nitrogens with one attached hydrogen (secondary N) is 3. The molecule has 24 heavy (non-hydrogen) atoms. The van der Waals surface area contributed by atoms with Crippen LogP contribution in [0.3, 0.4) is 0 Å². The molecular formula is C17H28BrIN4O. The van der Waals surface area contributed by atoms with Crippen LogP contribution in [0.4, 0.5) is 5.69 Å². The van der Waals surface area contributed by atoms with Gasteiger partial charge in [0.25, 0.3) is 0 Å². The van der Waals surface area contributed by atoms with E-state index in [1.54, 1.807) is 7.05 Å². The molecule has 0 saturated heterocycles. The topological polar surface area (TPSA) is 65.5 Å². The van der Waals surface area contributed by atoms with Gasteiger partial charge in [0.1, 0.15) is 0 Å². The fraction of sp³-hybridized carbons (Fsp3) is 0.529. The molecule has 0 bridgehead atoms. The maximum Gasteiger partial charge on any atom is 0.243 e. The molecule has 1 aromatic carbocycles. The molecule has 0 aromatic heterocycles. The van der Waals surface area contributed by atoms with Crippen molar-refractivity contribution in [3.8, 4) is 0 Å². The van der Waals surface area contributed by atoms with Crippen molar-refractivity contribution in [2.45, 2.75) is 33.6 Å². The lowest BCUT2D eigenvalue weighted by molar-refractivity contribution is -0.115. The zero-order valence-electron chi connectivity index (χ0n) is 14.8. The second kappa shape index (κ2) is 12.5. The summed E-state index contributed by atoms with van der Waals surface area (Å²) in [5.74, 6) is 1.25. The summed E-state index contributed by atoms with van der Waals surface area (Å²) in [6, 6.07) is 5.81. The largest absolute Gasteiger partial charge is 0.356 e. The number of hydrogen-bond donors (Lipinski definition) is 3. The van der Waals surface area contributed by atoms with Gasteiger partial charge >= 0.3 is 0 Å². The number of aryl methyl sites for hydroxylation is 1. The monoisotopic (exact) mass is 510 g/mol. The van der Waals surface area contributed by atoms with Crippen molar-refractivity contribution in [3.05, 3.63) is 28.2 Å². The zero-order valence-corrected chi connectivity index (χ0v) is 18.7. The van der Waals surface area contributed by atoms with Crippen molar-refractivity contribution in [1.82, 2.24) is 10.6 Å². The average Bonchev–Trinajstić information content (AvgIpc) is 2.50. The summed E-state index contributed by atoms with van der Waals surface area (Å²) in [5.41, 5.74) is 1.84. The van der Waals surface area contributed by atoms with E-state index in [4.69, 9.17) is 0 Å². The standard InChI is InChI=1S/C17H27BrN4O.HI/c1-12(2)6-5-9-20-17(19-4)21-11-16(23)22-15-10-14(18)8-7-13(15)3;/h7-8,10,12H,5-6,9,11H2,1-4H3,(H,22,23)(H2,19,20,21);1H. The molecule has 7 heteroatoms. The summed E-state index contributed by atoms with van der Waals surface area (Å²) >= 11 is 3.41. The maximum absolute atomic E-state index is 12.0. The van der Waals surface area contributed by atoms with Gasteiger partial charge in [-0.2, -0.15) is 0 Å². The SMILES string of the molecule is CN=C(NCCCC(C)C)NCC(=O)Nc1cc(Br)ccc1C.I. The maximum atomic E-state index is 12.0. The second-order valence-corrected chi connectivity index (χ2v) is 6.81. The lowest BCUT2D eigenvalue weighted by Crippen LogP contribution is -2.41. The highest BCUT2D eigenvalue weighted by Gasteiger charge is 2.06. The highest BCUT2D eigenvalue weighted by atomic mass is 127. The Balaban J connectivity index is 0.00000529. The van der Waals surface area contributed by atoms with Gasteiger partial charge in [0.15, 0.2) is 5.96 Å². The fourth-order valence-corrected chi connectivity index (χ4v) is 2.39. The minimum absolute atomic E-state index is 0. The Labute approximate surface area is 170 Å². The van der Waals surface area contributed by atoms with Gasteiger partial charge in [-0.05, 0) is 43.4 Å². The summed E-state index contributed by atoms with van der Waals surface area (Å²) in [6.07, 6.45) is 2.26. The lowest BCUT2D eigenvalue weighted by Gasteiger charge is -2.13. The number of hydrogen-bond acceptors (Lipinski definition) is 2. The Hall–Kier alpha value is -0.830. The van der Waals surface area contributed by atoms with Crippen LogP contribution in [0.15, 0.2) is 27.7 Å². The molecule has 0 saturated carbocycles. The van der Waals surface area contributed by atoms with Crippen molar-refractivity contribution in [2.24, 2.45) is 10.9 Å². The number of guanidine groups is 1. The van der Waals surface area contributed by atoms with Gasteiger partial charge < -0.3 is 16.0 Å². The molecule has 1 amide bonds. The number of anilines is 1.